The molecule has 0 aliphatic heterocycles. The highest BCUT2D eigenvalue weighted by atomic mass is 16.4. The Hall–Kier alpha value is -1.05. The molecule has 0 rings (SSSR count). The average Bonchev–Trinajstić information content (AvgIpc) is 1.99. The number of carboxylic acids is 1. The first kappa shape index (κ1) is 9.95. The van der Waals surface area contributed by atoms with Crippen molar-refractivity contribution in [2.24, 2.45) is 0 Å². The van der Waals surface area contributed by atoms with E-state index in [0.717, 1.165) is 6.42 Å². The summed E-state index contributed by atoms with van der Waals surface area (Å²) in [6, 6.07) is 0. The molecule has 0 spiro atoms. The molecule has 0 aliphatic carbocycles. The van der Waals surface area contributed by atoms with Gasteiger partial charge in [0, 0.05) is 5.57 Å². The molecule has 0 amide bonds. The summed E-state index contributed by atoms with van der Waals surface area (Å²) in [6.45, 7) is 5.60. The van der Waals surface area contributed by atoms with E-state index in [1.807, 2.05) is 19.9 Å². The molecular formula is C9H14O2. The molecule has 0 aliphatic rings. The van der Waals surface area contributed by atoms with Crippen LogP contribution in [0.4, 0.5) is 0 Å². The molecule has 0 aromatic rings. The van der Waals surface area contributed by atoms with Gasteiger partial charge in [-0.2, -0.15) is 0 Å². The number of carbonyl (C=O) groups is 1. The molecule has 0 heterocycles. The Balaban J connectivity index is 4.22. The van der Waals surface area contributed by atoms with Crippen LogP contribution in [0.1, 0.15) is 27.2 Å². The lowest BCUT2D eigenvalue weighted by Gasteiger charge is -1.91. The summed E-state index contributed by atoms with van der Waals surface area (Å²) in [7, 11) is 0. The Labute approximate surface area is 67.2 Å². The summed E-state index contributed by atoms with van der Waals surface area (Å²) >= 11 is 0. The van der Waals surface area contributed by atoms with Crippen molar-refractivity contribution in [3.05, 3.63) is 23.3 Å². The molecule has 0 bridgehead atoms. The zero-order chi connectivity index (χ0) is 8.85. The van der Waals surface area contributed by atoms with E-state index in [9.17, 15) is 4.79 Å². The smallest absolute Gasteiger partial charge is 0.331 e. The van der Waals surface area contributed by atoms with E-state index in [1.165, 1.54) is 5.57 Å². The highest BCUT2D eigenvalue weighted by Gasteiger charge is 1.95. The normalized spacial score (nSPS) is 13.4. The van der Waals surface area contributed by atoms with Gasteiger partial charge in [-0.15, -0.1) is 0 Å². The molecule has 0 radical (unpaired) electrons. The van der Waals surface area contributed by atoms with Crippen molar-refractivity contribution in [2.75, 3.05) is 0 Å². The minimum atomic E-state index is -0.856. The number of carboxylic acid groups (broad SMARTS) is 1. The first-order valence-corrected chi connectivity index (χ1v) is 3.65. The molecular weight excluding hydrogens is 140 g/mol. The molecule has 0 saturated carbocycles. The first-order valence-electron chi connectivity index (χ1n) is 3.65. The van der Waals surface area contributed by atoms with Crippen LogP contribution in [0.3, 0.4) is 0 Å². The highest BCUT2D eigenvalue weighted by Crippen LogP contribution is 2.00. The predicted molar refractivity (Wildman–Crippen MR) is 45.4 cm³/mol. The van der Waals surface area contributed by atoms with Crippen LogP contribution >= 0.6 is 0 Å². The minimum Gasteiger partial charge on any atom is -0.478 e. The minimum absolute atomic E-state index is 0.373. The number of hydrogen-bond donors (Lipinski definition) is 1. The van der Waals surface area contributed by atoms with Crippen LogP contribution in [-0.4, -0.2) is 11.1 Å². The molecule has 0 aromatic heterocycles. The van der Waals surface area contributed by atoms with Gasteiger partial charge in [0.15, 0.2) is 0 Å². The molecule has 2 heteroatoms. The van der Waals surface area contributed by atoms with Gasteiger partial charge >= 0.3 is 5.97 Å². The standard InChI is InChI=1S/C9H14O2/c1-4-7(2)5-6-8(3)9(10)11/h5-6H,4H2,1-3H3,(H,10,11)/b7-5-,8-6+. The molecule has 11 heavy (non-hydrogen) atoms. The van der Waals surface area contributed by atoms with Gasteiger partial charge in [-0.1, -0.05) is 24.6 Å². The third kappa shape index (κ3) is 4.37. The molecule has 0 aromatic carbocycles. The van der Waals surface area contributed by atoms with Gasteiger partial charge in [0.25, 0.3) is 0 Å². The Kier molecular flexibility index (Phi) is 4.27. The van der Waals surface area contributed by atoms with Crippen LogP contribution in [0.5, 0.6) is 0 Å². The van der Waals surface area contributed by atoms with Crippen molar-refractivity contribution in [2.45, 2.75) is 27.2 Å². The van der Waals surface area contributed by atoms with Gasteiger partial charge in [-0.3, -0.25) is 0 Å². The predicted octanol–water partition coefficient (Wildman–Crippen LogP) is 2.37. The van der Waals surface area contributed by atoms with Crippen LogP contribution in [0.2, 0.25) is 0 Å². The lowest BCUT2D eigenvalue weighted by Crippen LogP contribution is -1.94. The zero-order valence-electron chi connectivity index (χ0n) is 7.22. The van der Waals surface area contributed by atoms with Crippen molar-refractivity contribution in [3.63, 3.8) is 0 Å². The molecule has 0 atom stereocenters. The molecule has 0 fully saturated rings. The fourth-order valence-electron chi connectivity index (χ4n) is 0.456. The third-order valence-corrected chi connectivity index (χ3v) is 1.51. The number of hydrogen-bond acceptors (Lipinski definition) is 1. The maximum atomic E-state index is 10.3. The molecule has 62 valence electrons. The van der Waals surface area contributed by atoms with Crippen LogP contribution in [-0.2, 0) is 4.79 Å². The Morgan fingerprint density at radius 2 is 1.91 bits per heavy atom. The Morgan fingerprint density at radius 1 is 1.36 bits per heavy atom. The summed E-state index contributed by atoms with van der Waals surface area (Å²) in [5.74, 6) is -0.856. The zero-order valence-corrected chi connectivity index (χ0v) is 7.22. The van der Waals surface area contributed by atoms with Gasteiger partial charge in [0.2, 0.25) is 0 Å². The molecule has 0 saturated heterocycles. The Morgan fingerprint density at radius 3 is 2.27 bits per heavy atom. The second kappa shape index (κ2) is 4.72. The largest absolute Gasteiger partial charge is 0.478 e. The quantitative estimate of drug-likeness (QED) is 0.500. The fourth-order valence-corrected chi connectivity index (χ4v) is 0.456. The summed E-state index contributed by atoms with van der Waals surface area (Å²) in [6.07, 6.45) is 4.42. The summed E-state index contributed by atoms with van der Waals surface area (Å²) in [5, 5.41) is 8.47. The lowest BCUT2D eigenvalue weighted by molar-refractivity contribution is -0.132. The van der Waals surface area contributed by atoms with E-state index in [1.54, 1.807) is 13.0 Å². The second-order valence-electron chi connectivity index (χ2n) is 2.52. The molecule has 0 unspecified atom stereocenters. The van der Waals surface area contributed by atoms with E-state index < -0.39 is 5.97 Å². The maximum Gasteiger partial charge on any atom is 0.331 e. The van der Waals surface area contributed by atoms with Crippen molar-refractivity contribution >= 4 is 5.97 Å². The van der Waals surface area contributed by atoms with Crippen molar-refractivity contribution < 1.29 is 9.90 Å². The maximum absolute atomic E-state index is 10.3. The highest BCUT2D eigenvalue weighted by molar-refractivity contribution is 5.86. The fraction of sp³-hybridized carbons (Fsp3) is 0.444. The monoisotopic (exact) mass is 154 g/mol. The van der Waals surface area contributed by atoms with Crippen molar-refractivity contribution in [1.82, 2.24) is 0 Å². The SMILES string of the molecule is CC/C(C)=C\C=C(/C)C(=O)O. The lowest BCUT2D eigenvalue weighted by atomic mass is 10.2. The Bertz CT molecular complexity index is 200. The van der Waals surface area contributed by atoms with Crippen LogP contribution < -0.4 is 0 Å². The number of allylic oxidation sites excluding steroid dienone is 3. The third-order valence-electron chi connectivity index (χ3n) is 1.51. The van der Waals surface area contributed by atoms with Gasteiger partial charge in [-0.05, 0) is 20.3 Å². The van der Waals surface area contributed by atoms with Gasteiger partial charge in [0.1, 0.15) is 0 Å². The summed E-state index contributed by atoms with van der Waals surface area (Å²) < 4.78 is 0. The number of rotatable bonds is 3. The molecule has 1 N–H and O–H groups in total. The number of aliphatic carboxylic acids is 1. The first-order chi connectivity index (χ1) is 5.07. The second-order valence-corrected chi connectivity index (χ2v) is 2.52. The van der Waals surface area contributed by atoms with Gasteiger partial charge < -0.3 is 5.11 Å². The van der Waals surface area contributed by atoms with E-state index in [4.69, 9.17) is 5.11 Å². The van der Waals surface area contributed by atoms with Crippen molar-refractivity contribution in [3.8, 4) is 0 Å². The summed E-state index contributed by atoms with van der Waals surface area (Å²) in [5.41, 5.74) is 1.56. The molecule has 2 nitrogen and oxygen atoms in total. The van der Waals surface area contributed by atoms with Crippen LogP contribution in [0.25, 0.3) is 0 Å². The van der Waals surface area contributed by atoms with Gasteiger partial charge in [-0.25, -0.2) is 4.79 Å². The van der Waals surface area contributed by atoms with E-state index in [0.29, 0.717) is 5.57 Å². The van der Waals surface area contributed by atoms with Crippen molar-refractivity contribution in [1.29, 1.82) is 0 Å². The average molecular weight is 154 g/mol. The van der Waals surface area contributed by atoms with Crippen LogP contribution in [0.15, 0.2) is 23.3 Å². The van der Waals surface area contributed by atoms with Crippen LogP contribution in [0, 0.1) is 0 Å². The van der Waals surface area contributed by atoms with E-state index in [2.05, 4.69) is 0 Å². The van der Waals surface area contributed by atoms with E-state index in [-0.39, 0.29) is 0 Å². The topological polar surface area (TPSA) is 37.3 Å². The van der Waals surface area contributed by atoms with E-state index >= 15 is 0 Å². The summed E-state index contributed by atoms with van der Waals surface area (Å²) in [4.78, 5) is 10.3. The van der Waals surface area contributed by atoms with Gasteiger partial charge in [0.05, 0.1) is 0 Å².